The van der Waals surface area contributed by atoms with E-state index in [0.29, 0.717) is 23.5 Å². The molecule has 2 aromatic rings. The number of ketones is 1. The Morgan fingerprint density at radius 1 is 1.22 bits per heavy atom. The predicted octanol–water partition coefficient (Wildman–Crippen LogP) is 3.42. The first-order valence-electron chi connectivity index (χ1n) is 7.35. The molecule has 5 heteroatoms. The van der Waals surface area contributed by atoms with Gasteiger partial charge < -0.3 is 9.64 Å². The van der Waals surface area contributed by atoms with Crippen molar-refractivity contribution in [1.82, 2.24) is 0 Å². The fourth-order valence-corrected chi connectivity index (χ4v) is 2.74. The summed E-state index contributed by atoms with van der Waals surface area (Å²) in [6.45, 7) is 2.15. The number of alkyl halides is 1. The second-order valence-corrected chi connectivity index (χ2v) is 5.68. The van der Waals surface area contributed by atoms with Crippen LogP contribution in [0.5, 0.6) is 5.75 Å². The molecule has 1 unspecified atom stereocenters. The smallest absolute Gasteiger partial charge is 0.268 e. The van der Waals surface area contributed by atoms with Gasteiger partial charge in [-0.25, -0.2) is 0 Å². The Balaban J connectivity index is 2.01. The molecule has 118 valence electrons. The first-order valence-corrected chi connectivity index (χ1v) is 7.89. The van der Waals surface area contributed by atoms with Gasteiger partial charge in [-0.05, 0) is 30.7 Å². The molecule has 1 heterocycles. The summed E-state index contributed by atoms with van der Waals surface area (Å²) in [7, 11) is 0. The maximum atomic E-state index is 12.5. The van der Waals surface area contributed by atoms with Crippen LogP contribution in [0.4, 0.5) is 5.69 Å². The molecule has 1 atom stereocenters. The molecule has 23 heavy (non-hydrogen) atoms. The molecule has 3 rings (SSSR count). The highest BCUT2D eigenvalue weighted by molar-refractivity contribution is 6.30. The third kappa shape index (κ3) is 3.08. The molecular weight excluding hydrogens is 314 g/mol. The molecule has 0 radical (unpaired) electrons. The zero-order valence-corrected chi connectivity index (χ0v) is 13.4. The summed E-state index contributed by atoms with van der Waals surface area (Å²) in [5.74, 6) is 0.194. The maximum Gasteiger partial charge on any atom is 0.268 e. The van der Waals surface area contributed by atoms with E-state index in [4.69, 9.17) is 16.3 Å². The first kappa shape index (κ1) is 15.6. The van der Waals surface area contributed by atoms with Crippen molar-refractivity contribution in [3.63, 3.8) is 0 Å². The zero-order chi connectivity index (χ0) is 16.4. The van der Waals surface area contributed by atoms with Gasteiger partial charge in [0, 0.05) is 5.56 Å². The molecule has 1 amide bonds. The van der Waals surface area contributed by atoms with Crippen LogP contribution in [0.1, 0.15) is 22.8 Å². The highest BCUT2D eigenvalue weighted by atomic mass is 35.5. The van der Waals surface area contributed by atoms with E-state index in [2.05, 4.69) is 0 Å². The van der Waals surface area contributed by atoms with E-state index in [1.807, 2.05) is 30.3 Å². The molecule has 1 aliphatic heterocycles. The fourth-order valence-electron chi connectivity index (χ4n) is 2.59. The van der Waals surface area contributed by atoms with Gasteiger partial charge in [0.2, 0.25) is 0 Å². The van der Waals surface area contributed by atoms with Crippen LogP contribution in [-0.4, -0.2) is 23.7 Å². The van der Waals surface area contributed by atoms with Crippen molar-refractivity contribution < 1.29 is 14.3 Å². The van der Waals surface area contributed by atoms with Gasteiger partial charge in [-0.2, -0.15) is 0 Å². The monoisotopic (exact) mass is 329 g/mol. The molecule has 0 bridgehead atoms. The summed E-state index contributed by atoms with van der Waals surface area (Å²) in [4.78, 5) is 26.0. The second kappa shape index (κ2) is 6.42. The van der Waals surface area contributed by atoms with Gasteiger partial charge in [0.15, 0.2) is 11.9 Å². The van der Waals surface area contributed by atoms with E-state index in [0.717, 1.165) is 5.56 Å². The summed E-state index contributed by atoms with van der Waals surface area (Å²) in [5.41, 5.74) is 2.09. The standard InChI is InChI=1S/C18H16ClNO3/c1-12-18(22)20(11-13-5-3-2-4-6-13)15-9-14(16(21)10-19)7-8-17(15)23-12/h2-9,12H,10-11H2,1H3. The van der Waals surface area contributed by atoms with Crippen molar-refractivity contribution in [3.05, 3.63) is 59.7 Å². The Morgan fingerprint density at radius 3 is 2.65 bits per heavy atom. The lowest BCUT2D eigenvalue weighted by molar-refractivity contribution is -0.125. The van der Waals surface area contributed by atoms with Crippen molar-refractivity contribution in [2.45, 2.75) is 19.6 Å². The summed E-state index contributed by atoms with van der Waals surface area (Å²) < 4.78 is 5.64. The Labute approximate surface area is 139 Å². The minimum absolute atomic E-state index is 0.0946. The fraction of sp³-hybridized carbons (Fsp3) is 0.222. The Bertz CT molecular complexity index is 745. The average molecular weight is 330 g/mol. The van der Waals surface area contributed by atoms with E-state index in [9.17, 15) is 9.59 Å². The molecule has 0 saturated carbocycles. The van der Waals surface area contributed by atoms with Crippen LogP contribution < -0.4 is 9.64 Å². The van der Waals surface area contributed by atoms with Crippen molar-refractivity contribution in [1.29, 1.82) is 0 Å². The summed E-state index contributed by atoms with van der Waals surface area (Å²) >= 11 is 5.63. The molecule has 2 aromatic carbocycles. The number of halogens is 1. The van der Waals surface area contributed by atoms with Gasteiger partial charge in [-0.3, -0.25) is 9.59 Å². The topological polar surface area (TPSA) is 46.6 Å². The zero-order valence-electron chi connectivity index (χ0n) is 12.7. The normalized spacial score (nSPS) is 16.7. The van der Waals surface area contributed by atoms with Crippen molar-refractivity contribution in [3.8, 4) is 5.75 Å². The van der Waals surface area contributed by atoms with Crippen molar-refractivity contribution in [2.75, 3.05) is 10.8 Å². The summed E-state index contributed by atoms with van der Waals surface area (Å²) in [5, 5.41) is 0. The number of benzene rings is 2. The first-order chi connectivity index (χ1) is 11.1. The average Bonchev–Trinajstić information content (AvgIpc) is 2.59. The number of rotatable bonds is 4. The lowest BCUT2D eigenvalue weighted by atomic mass is 10.1. The van der Waals surface area contributed by atoms with Gasteiger partial charge in [-0.15, -0.1) is 11.6 Å². The Morgan fingerprint density at radius 2 is 1.96 bits per heavy atom. The van der Waals surface area contributed by atoms with Crippen LogP contribution >= 0.6 is 11.6 Å². The van der Waals surface area contributed by atoms with Crippen LogP contribution in [0, 0.1) is 0 Å². The molecule has 0 fully saturated rings. The van der Waals surface area contributed by atoms with Crippen molar-refractivity contribution in [2.24, 2.45) is 0 Å². The van der Waals surface area contributed by atoms with Crippen LogP contribution in [0.15, 0.2) is 48.5 Å². The van der Waals surface area contributed by atoms with E-state index < -0.39 is 6.10 Å². The third-order valence-corrected chi connectivity index (χ3v) is 4.04. The molecule has 1 aliphatic rings. The third-order valence-electron chi connectivity index (χ3n) is 3.79. The number of ether oxygens (including phenoxy) is 1. The number of amides is 1. The second-order valence-electron chi connectivity index (χ2n) is 5.41. The largest absolute Gasteiger partial charge is 0.479 e. The lowest BCUT2D eigenvalue weighted by Crippen LogP contribution is -2.44. The summed E-state index contributed by atoms with van der Waals surface area (Å²) in [6.07, 6.45) is -0.555. The molecule has 0 aromatic heterocycles. The minimum Gasteiger partial charge on any atom is -0.479 e. The van der Waals surface area contributed by atoms with Gasteiger partial charge in [0.25, 0.3) is 5.91 Å². The van der Waals surface area contributed by atoms with E-state index in [1.54, 1.807) is 30.0 Å². The van der Waals surface area contributed by atoms with Crippen LogP contribution in [-0.2, 0) is 11.3 Å². The number of nitrogens with zero attached hydrogens (tertiary/aromatic N) is 1. The lowest BCUT2D eigenvalue weighted by Gasteiger charge is -2.33. The van der Waals surface area contributed by atoms with Gasteiger partial charge in [-0.1, -0.05) is 30.3 Å². The number of fused-ring (bicyclic) bond motifs is 1. The molecule has 4 nitrogen and oxygen atoms in total. The number of carbonyl (C=O) groups is 2. The molecule has 0 aliphatic carbocycles. The van der Waals surface area contributed by atoms with Crippen LogP contribution in [0.2, 0.25) is 0 Å². The molecule has 0 N–H and O–H groups in total. The quantitative estimate of drug-likeness (QED) is 0.638. The van der Waals surface area contributed by atoms with Crippen LogP contribution in [0.25, 0.3) is 0 Å². The SMILES string of the molecule is CC1Oc2ccc(C(=O)CCl)cc2N(Cc2ccccc2)C1=O. The van der Waals surface area contributed by atoms with Gasteiger partial charge in [0.05, 0.1) is 18.1 Å². The number of carbonyl (C=O) groups excluding carboxylic acids is 2. The minimum atomic E-state index is -0.555. The van der Waals surface area contributed by atoms with E-state index in [-0.39, 0.29) is 17.6 Å². The maximum absolute atomic E-state index is 12.5. The van der Waals surface area contributed by atoms with Crippen LogP contribution in [0.3, 0.4) is 0 Å². The highest BCUT2D eigenvalue weighted by Gasteiger charge is 2.32. The molecule has 0 spiro atoms. The molecule has 0 saturated heterocycles. The number of Topliss-reactive ketones (excluding diaryl/α,β-unsaturated/α-hetero) is 1. The van der Waals surface area contributed by atoms with Gasteiger partial charge >= 0.3 is 0 Å². The number of hydrogen-bond donors (Lipinski definition) is 0. The predicted molar refractivity (Wildman–Crippen MR) is 89.2 cm³/mol. The van der Waals surface area contributed by atoms with Crippen molar-refractivity contribution >= 4 is 29.0 Å². The Hall–Kier alpha value is -2.33. The highest BCUT2D eigenvalue weighted by Crippen LogP contribution is 2.36. The molecular formula is C18H16ClNO3. The Kier molecular flexibility index (Phi) is 4.35. The van der Waals surface area contributed by atoms with E-state index >= 15 is 0 Å². The number of hydrogen-bond acceptors (Lipinski definition) is 3. The number of anilines is 1. The van der Waals surface area contributed by atoms with Gasteiger partial charge in [0.1, 0.15) is 5.75 Å². The summed E-state index contributed by atoms with van der Waals surface area (Å²) in [6, 6.07) is 14.8. The van der Waals surface area contributed by atoms with E-state index in [1.165, 1.54) is 0 Å².